The highest BCUT2D eigenvalue weighted by Gasteiger charge is 2.38. The number of ether oxygens (including phenoxy) is 1. The number of carbonyl (C=O) groups is 1. The van der Waals surface area contributed by atoms with Crippen LogP contribution in [0.3, 0.4) is 0 Å². The fraction of sp³-hybridized carbons (Fsp3) is 0.100. The molecule has 0 saturated carbocycles. The number of halogens is 4. The van der Waals surface area contributed by atoms with Crippen molar-refractivity contribution in [3.8, 4) is 5.75 Å². The third-order valence-electron chi connectivity index (χ3n) is 1.61. The zero-order valence-electron chi connectivity index (χ0n) is 7.84. The lowest BCUT2D eigenvalue weighted by Gasteiger charge is -2.09. The van der Waals surface area contributed by atoms with E-state index in [-0.39, 0.29) is 5.75 Å². The van der Waals surface area contributed by atoms with Crippen LogP contribution >= 0.6 is 15.9 Å². The Kier molecular flexibility index (Phi) is 3.74. The van der Waals surface area contributed by atoms with Crippen LogP contribution in [0.15, 0.2) is 40.9 Å². The van der Waals surface area contributed by atoms with Gasteiger partial charge in [0.05, 0.1) is 0 Å². The second-order valence-electron chi connectivity index (χ2n) is 2.82. The summed E-state index contributed by atoms with van der Waals surface area (Å²) in [6.45, 7) is 2.63. The quantitative estimate of drug-likeness (QED) is 0.474. The lowest BCUT2D eigenvalue weighted by molar-refractivity contribution is -0.142. The van der Waals surface area contributed by atoms with Crippen LogP contribution in [0.4, 0.5) is 13.2 Å². The van der Waals surface area contributed by atoms with Gasteiger partial charge in [-0.1, -0.05) is 22.5 Å². The lowest BCUT2D eigenvalue weighted by Crippen LogP contribution is -2.23. The van der Waals surface area contributed by atoms with Crippen LogP contribution in [-0.4, -0.2) is 12.1 Å². The standard InChI is InChI=1S/C10H6BrF3O2/c1-6(10(12,13)14)9(15)16-8-4-2-7(11)3-5-8/h2-5H,1H2. The molecule has 0 amide bonds. The summed E-state index contributed by atoms with van der Waals surface area (Å²) in [7, 11) is 0. The molecule has 0 N–H and O–H groups in total. The first-order chi connectivity index (χ1) is 7.30. The second-order valence-corrected chi connectivity index (χ2v) is 3.74. The molecule has 0 saturated heterocycles. The minimum Gasteiger partial charge on any atom is -0.423 e. The Morgan fingerprint density at radius 2 is 1.75 bits per heavy atom. The van der Waals surface area contributed by atoms with E-state index in [1.807, 2.05) is 0 Å². The van der Waals surface area contributed by atoms with Gasteiger partial charge in [0.25, 0.3) is 0 Å². The fourth-order valence-corrected chi connectivity index (χ4v) is 1.05. The highest BCUT2D eigenvalue weighted by atomic mass is 79.9. The van der Waals surface area contributed by atoms with Gasteiger partial charge in [-0.15, -0.1) is 0 Å². The first-order valence-electron chi connectivity index (χ1n) is 4.04. The van der Waals surface area contributed by atoms with E-state index in [4.69, 9.17) is 0 Å². The largest absolute Gasteiger partial charge is 0.423 e. The third-order valence-corrected chi connectivity index (χ3v) is 2.14. The van der Waals surface area contributed by atoms with E-state index in [0.29, 0.717) is 0 Å². The van der Waals surface area contributed by atoms with E-state index < -0.39 is 17.7 Å². The average Bonchev–Trinajstić information content (AvgIpc) is 2.19. The summed E-state index contributed by atoms with van der Waals surface area (Å²) < 4.78 is 41.4. The van der Waals surface area contributed by atoms with Crippen LogP contribution in [0.25, 0.3) is 0 Å². The van der Waals surface area contributed by atoms with Crippen molar-refractivity contribution in [3.05, 3.63) is 40.9 Å². The zero-order valence-corrected chi connectivity index (χ0v) is 9.43. The summed E-state index contributed by atoms with van der Waals surface area (Å²) in [6.07, 6.45) is -4.77. The number of benzene rings is 1. The Balaban J connectivity index is 2.72. The summed E-state index contributed by atoms with van der Waals surface area (Å²) in [4.78, 5) is 11.0. The predicted octanol–water partition coefficient (Wildman–Crippen LogP) is 3.47. The topological polar surface area (TPSA) is 26.3 Å². The first kappa shape index (κ1) is 12.8. The molecule has 6 heteroatoms. The molecule has 1 aromatic rings. The molecule has 0 aliphatic heterocycles. The van der Waals surface area contributed by atoms with Gasteiger partial charge in [-0.2, -0.15) is 13.2 Å². The van der Waals surface area contributed by atoms with Crippen molar-refractivity contribution in [1.82, 2.24) is 0 Å². The maximum Gasteiger partial charge on any atom is 0.422 e. The van der Waals surface area contributed by atoms with Gasteiger partial charge in [0.1, 0.15) is 11.3 Å². The maximum atomic E-state index is 12.1. The van der Waals surface area contributed by atoms with E-state index in [9.17, 15) is 18.0 Å². The maximum absolute atomic E-state index is 12.1. The minimum atomic E-state index is -4.77. The van der Waals surface area contributed by atoms with Gasteiger partial charge in [0, 0.05) is 4.47 Å². The summed E-state index contributed by atoms with van der Waals surface area (Å²) in [5.41, 5.74) is -1.53. The van der Waals surface area contributed by atoms with Crippen LogP contribution in [0.5, 0.6) is 5.75 Å². The van der Waals surface area contributed by atoms with Gasteiger partial charge in [0.15, 0.2) is 0 Å². The van der Waals surface area contributed by atoms with E-state index in [2.05, 4.69) is 27.2 Å². The monoisotopic (exact) mass is 294 g/mol. The Labute approximate surface area is 97.8 Å². The summed E-state index contributed by atoms with van der Waals surface area (Å²) in [5, 5.41) is 0. The molecule has 0 heterocycles. The average molecular weight is 295 g/mol. The normalized spacial score (nSPS) is 11.0. The molecule has 86 valence electrons. The highest BCUT2D eigenvalue weighted by molar-refractivity contribution is 9.10. The van der Waals surface area contributed by atoms with Crippen molar-refractivity contribution >= 4 is 21.9 Å². The van der Waals surface area contributed by atoms with Crippen molar-refractivity contribution in [3.63, 3.8) is 0 Å². The molecule has 1 rings (SSSR count). The molecule has 0 atom stereocenters. The minimum absolute atomic E-state index is 0.0265. The molecule has 0 bridgehead atoms. The van der Waals surface area contributed by atoms with Crippen molar-refractivity contribution in [1.29, 1.82) is 0 Å². The number of esters is 1. The first-order valence-corrected chi connectivity index (χ1v) is 4.84. The third kappa shape index (κ3) is 3.37. The Morgan fingerprint density at radius 1 is 1.25 bits per heavy atom. The van der Waals surface area contributed by atoms with Crippen LogP contribution in [-0.2, 0) is 4.79 Å². The van der Waals surface area contributed by atoms with Crippen molar-refractivity contribution in [2.24, 2.45) is 0 Å². The molecule has 0 unspecified atom stereocenters. The van der Waals surface area contributed by atoms with Crippen molar-refractivity contribution < 1.29 is 22.7 Å². The van der Waals surface area contributed by atoms with E-state index >= 15 is 0 Å². The number of rotatable bonds is 2. The van der Waals surface area contributed by atoms with E-state index in [1.54, 1.807) is 12.1 Å². The molecule has 1 aromatic carbocycles. The summed E-state index contributed by atoms with van der Waals surface area (Å²) >= 11 is 3.13. The Hall–Kier alpha value is -1.30. The SMILES string of the molecule is C=C(C(=O)Oc1ccc(Br)cc1)C(F)(F)F. The Morgan fingerprint density at radius 3 is 2.19 bits per heavy atom. The van der Waals surface area contributed by atoms with E-state index in [0.717, 1.165) is 4.47 Å². The Bertz CT molecular complexity index is 409. The van der Waals surface area contributed by atoms with Gasteiger partial charge >= 0.3 is 12.1 Å². The van der Waals surface area contributed by atoms with Crippen LogP contribution in [0.2, 0.25) is 0 Å². The molecular weight excluding hydrogens is 289 g/mol. The summed E-state index contributed by atoms with van der Waals surface area (Å²) in [5.74, 6) is -1.48. The molecule has 2 nitrogen and oxygen atoms in total. The van der Waals surface area contributed by atoms with Crippen molar-refractivity contribution in [2.45, 2.75) is 6.18 Å². The number of hydrogen-bond donors (Lipinski definition) is 0. The molecular formula is C10H6BrF3O2. The lowest BCUT2D eigenvalue weighted by atomic mass is 10.3. The van der Waals surface area contributed by atoms with Gasteiger partial charge < -0.3 is 4.74 Å². The molecule has 0 fully saturated rings. The molecule has 0 spiro atoms. The molecule has 0 aromatic heterocycles. The molecule has 0 radical (unpaired) electrons. The highest BCUT2D eigenvalue weighted by Crippen LogP contribution is 2.26. The molecule has 16 heavy (non-hydrogen) atoms. The van der Waals surface area contributed by atoms with Gasteiger partial charge in [-0.25, -0.2) is 4.79 Å². The number of hydrogen-bond acceptors (Lipinski definition) is 2. The van der Waals surface area contributed by atoms with Gasteiger partial charge in [-0.05, 0) is 24.3 Å². The zero-order chi connectivity index (χ0) is 12.3. The van der Waals surface area contributed by atoms with E-state index in [1.165, 1.54) is 12.1 Å². The summed E-state index contributed by atoms with van der Waals surface area (Å²) in [6, 6.07) is 5.81. The van der Waals surface area contributed by atoms with Crippen LogP contribution in [0, 0.1) is 0 Å². The van der Waals surface area contributed by atoms with Crippen LogP contribution < -0.4 is 4.74 Å². The number of alkyl halides is 3. The smallest absolute Gasteiger partial charge is 0.422 e. The number of carbonyl (C=O) groups excluding carboxylic acids is 1. The molecule has 0 aliphatic rings. The van der Waals surface area contributed by atoms with Crippen LogP contribution in [0.1, 0.15) is 0 Å². The molecule has 0 aliphatic carbocycles. The fourth-order valence-electron chi connectivity index (χ4n) is 0.787. The second kappa shape index (κ2) is 4.69. The predicted molar refractivity (Wildman–Crippen MR) is 55.0 cm³/mol. The van der Waals surface area contributed by atoms with Gasteiger partial charge in [0.2, 0.25) is 0 Å². The van der Waals surface area contributed by atoms with Gasteiger partial charge in [-0.3, -0.25) is 0 Å². The van der Waals surface area contributed by atoms with Crippen molar-refractivity contribution in [2.75, 3.05) is 0 Å².